The summed E-state index contributed by atoms with van der Waals surface area (Å²) in [5.74, 6) is 1.19. The van der Waals surface area contributed by atoms with Gasteiger partial charge in [0.25, 0.3) is 0 Å². The highest BCUT2D eigenvalue weighted by Gasteiger charge is 2.07. The van der Waals surface area contributed by atoms with E-state index in [0.29, 0.717) is 11.7 Å². The summed E-state index contributed by atoms with van der Waals surface area (Å²) in [7, 11) is 1.73. The van der Waals surface area contributed by atoms with Crippen LogP contribution in [-0.4, -0.2) is 25.4 Å². The van der Waals surface area contributed by atoms with Crippen LogP contribution in [-0.2, 0) is 0 Å². The van der Waals surface area contributed by atoms with Crippen molar-refractivity contribution >= 4 is 18.4 Å². The molecule has 0 saturated carbocycles. The normalized spacial score (nSPS) is 12.0. The van der Waals surface area contributed by atoms with Gasteiger partial charge >= 0.3 is 0 Å². The van der Waals surface area contributed by atoms with E-state index in [9.17, 15) is 0 Å². The molecule has 122 valence electrons. The number of hydrogen-bond acceptors (Lipinski definition) is 1. The van der Waals surface area contributed by atoms with Crippen LogP contribution in [0.15, 0.2) is 99.9 Å². The summed E-state index contributed by atoms with van der Waals surface area (Å²) >= 11 is 0. The molecule has 0 N–H and O–H groups in total. The smallest absolute Gasteiger partial charge is 0.161 e. The molecule has 0 radical (unpaired) electrons. The number of amidine groups is 2. The maximum Gasteiger partial charge on any atom is 0.161 e. The summed E-state index contributed by atoms with van der Waals surface area (Å²) in [5.41, 5.74) is 4.13. The summed E-state index contributed by atoms with van der Waals surface area (Å²) in [6.07, 6.45) is 0. The zero-order valence-corrected chi connectivity index (χ0v) is 14.1. The van der Waals surface area contributed by atoms with Gasteiger partial charge in [-0.05, 0) is 23.9 Å². The van der Waals surface area contributed by atoms with Crippen molar-refractivity contribution in [1.82, 2.24) is 0 Å². The lowest BCUT2D eigenvalue weighted by Crippen LogP contribution is -2.04. The van der Waals surface area contributed by atoms with E-state index in [4.69, 9.17) is 0 Å². The Morgan fingerprint density at radius 3 is 1.92 bits per heavy atom. The molecular weight excluding hydrogens is 306 g/mol. The topological polar surface area (TPSA) is 37.1 Å². The molecule has 3 rings (SSSR count). The lowest BCUT2D eigenvalue weighted by Gasteiger charge is -2.07. The number of benzene rings is 3. The molecule has 0 unspecified atom stereocenters. The zero-order chi connectivity index (χ0) is 17.5. The summed E-state index contributed by atoms with van der Waals surface area (Å²) in [6, 6.07) is 28.2. The molecule has 0 aliphatic carbocycles. The summed E-state index contributed by atoms with van der Waals surface area (Å²) in [5, 5.41) is 0. The van der Waals surface area contributed by atoms with Gasteiger partial charge in [-0.25, -0.2) is 9.98 Å². The van der Waals surface area contributed by atoms with E-state index in [0.717, 1.165) is 22.3 Å². The van der Waals surface area contributed by atoms with Gasteiger partial charge in [-0.3, -0.25) is 4.99 Å². The molecule has 0 fully saturated rings. The lowest BCUT2D eigenvalue weighted by molar-refractivity contribution is 1.37. The van der Waals surface area contributed by atoms with Crippen LogP contribution in [0.3, 0.4) is 0 Å². The third-order valence-electron chi connectivity index (χ3n) is 3.83. The molecule has 0 amide bonds. The maximum atomic E-state index is 4.63. The second kappa shape index (κ2) is 7.97. The van der Waals surface area contributed by atoms with E-state index in [2.05, 4.69) is 46.0 Å². The second-order valence-electron chi connectivity index (χ2n) is 5.45. The largest absolute Gasteiger partial charge is 0.270 e. The zero-order valence-electron chi connectivity index (χ0n) is 14.1. The molecule has 3 aromatic rings. The minimum atomic E-state index is 0.558. The quantitative estimate of drug-likeness (QED) is 0.486. The highest BCUT2D eigenvalue weighted by Crippen LogP contribution is 2.20. The lowest BCUT2D eigenvalue weighted by atomic mass is 10.0. The summed E-state index contributed by atoms with van der Waals surface area (Å²) < 4.78 is 0. The van der Waals surface area contributed by atoms with Crippen molar-refractivity contribution in [2.24, 2.45) is 15.0 Å². The number of rotatable bonds is 3. The highest BCUT2D eigenvalue weighted by atomic mass is 15.0. The van der Waals surface area contributed by atoms with Crippen LogP contribution >= 0.6 is 0 Å². The Kier molecular flexibility index (Phi) is 5.27. The van der Waals surface area contributed by atoms with Crippen molar-refractivity contribution in [3.05, 3.63) is 96.1 Å². The molecule has 0 heterocycles. The SMILES string of the molecule is C=NC(=NC(=NC)c1ccccc1)c1cccc(-c2ccccc2)c1. The summed E-state index contributed by atoms with van der Waals surface area (Å²) in [4.78, 5) is 13.0. The fourth-order valence-electron chi connectivity index (χ4n) is 2.59. The van der Waals surface area contributed by atoms with Gasteiger partial charge in [-0.15, -0.1) is 0 Å². The predicted molar refractivity (Wildman–Crippen MR) is 107 cm³/mol. The Balaban J connectivity index is 2.00. The molecule has 0 aromatic heterocycles. The van der Waals surface area contributed by atoms with Gasteiger partial charge in [0.1, 0.15) is 0 Å². The number of aliphatic imine (C=N–C) groups is 3. The van der Waals surface area contributed by atoms with Crippen LogP contribution in [0.1, 0.15) is 11.1 Å². The molecule has 25 heavy (non-hydrogen) atoms. The van der Waals surface area contributed by atoms with Crippen molar-refractivity contribution < 1.29 is 0 Å². The first-order valence-electron chi connectivity index (χ1n) is 8.05. The predicted octanol–water partition coefficient (Wildman–Crippen LogP) is 4.88. The third-order valence-corrected chi connectivity index (χ3v) is 3.83. The van der Waals surface area contributed by atoms with E-state index >= 15 is 0 Å². The average molecular weight is 325 g/mol. The molecule has 0 atom stereocenters. The van der Waals surface area contributed by atoms with Crippen LogP contribution in [0.2, 0.25) is 0 Å². The van der Waals surface area contributed by atoms with Gasteiger partial charge in [0.05, 0.1) is 0 Å². The monoisotopic (exact) mass is 325 g/mol. The molecule has 3 nitrogen and oxygen atoms in total. The van der Waals surface area contributed by atoms with Gasteiger partial charge in [0, 0.05) is 18.2 Å². The van der Waals surface area contributed by atoms with Crippen LogP contribution in [0, 0.1) is 0 Å². The minimum Gasteiger partial charge on any atom is -0.270 e. The molecule has 0 spiro atoms. The number of hydrogen-bond donors (Lipinski definition) is 0. The molecule has 0 bridgehead atoms. The van der Waals surface area contributed by atoms with Crippen LogP contribution in [0.5, 0.6) is 0 Å². The third kappa shape index (κ3) is 3.96. The highest BCUT2D eigenvalue weighted by molar-refractivity contribution is 6.12. The van der Waals surface area contributed by atoms with Gasteiger partial charge < -0.3 is 0 Å². The molecule has 0 saturated heterocycles. The van der Waals surface area contributed by atoms with E-state index in [1.807, 2.05) is 60.7 Å². The Hall–Kier alpha value is -3.33. The molecule has 0 aliphatic heterocycles. The molecule has 3 aromatic carbocycles. The van der Waals surface area contributed by atoms with Crippen molar-refractivity contribution in [2.45, 2.75) is 0 Å². The van der Waals surface area contributed by atoms with Gasteiger partial charge in [0.15, 0.2) is 11.7 Å². The van der Waals surface area contributed by atoms with Crippen molar-refractivity contribution in [3.63, 3.8) is 0 Å². The van der Waals surface area contributed by atoms with Crippen molar-refractivity contribution in [2.75, 3.05) is 7.05 Å². The fourth-order valence-corrected chi connectivity index (χ4v) is 2.59. The molecular formula is C22H19N3. The standard InChI is InChI=1S/C22H19N3/c1-23-21(18-12-7-4-8-13-18)25-22(24-2)20-15-9-14-19(16-20)17-10-5-3-6-11-17/h3-16H,2H2,1H3. The maximum absolute atomic E-state index is 4.63. The van der Waals surface area contributed by atoms with Gasteiger partial charge in [-0.2, -0.15) is 0 Å². The Morgan fingerprint density at radius 2 is 1.28 bits per heavy atom. The van der Waals surface area contributed by atoms with Gasteiger partial charge in [-0.1, -0.05) is 78.9 Å². The average Bonchev–Trinajstić information content (AvgIpc) is 2.70. The Bertz CT molecular complexity index is 910. The first-order chi connectivity index (χ1) is 12.3. The molecule has 0 aliphatic rings. The number of nitrogens with zero attached hydrogens (tertiary/aromatic N) is 3. The molecule has 3 heteroatoms. The Morgan fingerprint density at radius 1 is 0.680 bits per heavy atom. The van der Waals surface area contributed by atoms with E-state index in [1.165, 1.54) is 0 Å². The van der Waals surface area contributed by atoms with Gasteiger partial charge in [0.2, 0.25) is 0 Å². The van der Waals surface area contributed by atoms with Crippen molar-refractivity contribution in [1.29, 1.82) is 0 Å². The van der Waals surface area contributed by atoms with Crippen LogP contribution in [0.25, 0.3) is 11.1 Å². The first-order valence-corrected chi connectivity index (χ1v) is 8.05. The van der Waals surface area contributed by atoms with E-state index < -0.39 is 0 Å². The van der Waals surface area contributed by atoms with E-state index in [-0.39, 0.29) is 0 Å². The second-order valence-corrected chi connectivity index (χ2v) is 5.45. The summed E-state index contributed by atoms with van der Waals surface area (Å²) in [6.45, 7) is 3.69. The first kappa shape index (κ1) is 16.5. The van der Waals surface area contributed by atoms with Crippen LogP contribution in [0.4, 0.5) is 0 Å². The Labute approximate surface area is 148 Å². The minimum absolute atomic E-state index is 0.558. The fraction of sp³-hybridized carbons (Fsp3) is 0.0455. The van der Waals surface area contributed by atoms with Crippen LogP contribution < -0.4 is 0 Å². The van der Waals surface area contributed by atoms with E-state index in [1.54, 1.807) is 7.05 Å². The van der Waals surface area contributed by atoms with Crippen molar-refractivity contribution in [3.8, 4) is 11.1 Å².